The van der Waals surface area contributed by atoms with Crippen molar-refractivity contribution in [2.75, 3.05) is 13.2 Å². The van der Waals surface area contributed by atoms with E-state index in [0.29, 0.717) is 6.61 Å². The van der Waals surface area contributed by atoms with Crippen molar-refractivity contribution in [1.82, 2.24) is 9.55 Å². The monoisotopic (exact) mass is 226 g/mol. The largest absolute Gasteiger partial charge is 0.494 e. The van der Waals surface area contributed by atoms with Crippen LogP contribution in [0, 0.1) is 0 Å². The van der Waals surface area contributed by atoms with Gasteiger partial charge in [0.05, 0.1) is 25.8 Å². The van der Waals surface area contributed by atoms with Gasteiger partial charge in [0.2, 0.25) is 5.88 Å². The van der Waals surface area contributed by atoms with Gasteiger partial charge in [0, 0.05) is 0 Å². The van der Waals surface area contributed by atoms with Gasteiger partial charge in [0.15, 0.2) is 0 Å². The molecule has 0 spiro atoms. The number of aromatic nitrogens is 2. The minimum absolute atomic E-state index is 0.193. The molecule has 0 saturated heterocycles. The first kappa shape index (κ1) is 12.3. The molecule has 1 heterocycles. The van der Waals surface area contributed by atoms with Crippen molar-refractivity contribution in [2.45, 2.75) is 13.0 Å². The second-order valence-corrected chi connectivity index (χ2v) is 3.14. The molecule has 1 rings (SSSR count). The fourth-order valence-corrected chi connectivity index (χ4v) is 1.15. The van der Waals surface area contributed by atoms with Crippen molar-refractivity contribution >= 4 is 0 Å². The van der Waals surface area contributed by atoms with Crippen LogP contribution in [0.25, 0.3) is 0 Å². The Morgan fingerprint density at radius 1 is 1.50 bits per heavy atom. The van der Waals surface area contributed by atoms with Gasteiger partial charge in [-0.25, -0.2) is 4.79 Å². The highest BCUT2D eigenvalue weighted by molar-refractivity contribution is 5.05. The van der Waals surface area contributed by atoms with Gasteiger partial charge in [-0.05, 0) is 6.42 Å². The third kappa shape index (κ3) is 3.39. The Morgan fingerprint density at radius 2 is 2.25 bits per heavy atom. The van der Waals surface area contributed by atoms with Crippen molar-refractivity contribution in [1.29, 1.82) is 0 Å². The molecule has 0 unspecified atom stereocenters. The summed E-state index contributed by atoms with van der Waals surface area (Å²) < 4.78 is 6.22. The zero-order valence-corrected chi connectivity index (χ0v) is 8.81. The molecule has 0 fully saturated rings. The van der Waals surface area contributed by atoms with Crippen molar-refractivity contribution in [2.24, 2.45) is 0 Å². The number of hydrogen-bond donors (Lipinski definition) is 2. The number of rotatable bonds is 6. The Labute approximate surface area is 91.8 Å². The summed E-state index contributed by atoms with van der Waals surface area (Å²) in [6.45, 7) is 4.53. The predicted octanol–water partition coefficient (Wildman–Crippen LogP) is -0.165. The average Bonchev–Trinajstić information content (AvgIpc) is 2.20. The Kier molecular flexibility index (Phi) is 4.53. The highest BCUT2D eigenvalue weighted by atomic mass is 16.5. The molecule has 1 aromatic rings. The molecule has 0 radical (unpaired) electrons. The molecule has 16 heavy (non-hydrogen) atoms. The summed E-state index contributed by atoms with van der Waals surface area (Å²) in [5.74, 6) is -0.360. The zero-order chi connectivity index (χ0) is 12.0. The molecule has 0 aliphatic carbocycles. The second kappa shape index (κ2) is 5.92. The Hall–Kier alpha value is -1.82. The quantitative estimate of drug-likeness (QED) is 0.521. The number of hydrogen-bond acceptors (Lipinski definition) is 4. The number of nitrogens with zero attached hydrogens (tertiary/aromatic N) is 1. The minimum Gasteiger partial charge on any atom is -0.494 e. The number of ether oxygens (including phenoxy) is 1. The fraction of sp³-hybridized carbons (Fsp3) is 0.400. The van der Waals surface area contributed by atoms with Crippen LogP contribution in [0.1, 0.15) is 6.42 Å². The number of aromatic amines is 1. The Balaban J connectivity index is 2.57. The average molecular weight is 226 g/mol. The van der Waals surface area contributed by atoms with E-state index in [2.05, 4.69) is 11.6 Å². The van der Waals surface area contributed by atoms with Crippen LogP contribution in [0.15, 0.2) is 28.3 Å². The van der Waals surface area contributed by atoms with Crippen LogP contribution in [0.4, 0.5) is 0 Å². The Morgan fingerprint density at radius 3 is 2.88 bits per heavy atom. The molecular weight excluding hydrogens is 212 g/mol. The maximum absolute atomic E-state index is 11.3. The summed E-state index contributed by atoms with van der Waals surface area (Å²) in [6, 6.07) is 0.950. The summed E-state index contributed by atoms with van der Waals surface area (Å²) in [5.41, 5.74) is -1.26. The highest BCUT2D eigenvalue weighted by Crippen LogP contribution is 1.99. The third-order valence-electron chi connectivity index (χ3n) is 1.94. The summed E-state index contributed by atoms with van der Waals surface area (Å²) in [4.78, 5) is 24.1. The molecule has 0 aliphatic rings. The van der Waals surface area contributed by atoms with Gasteiger partial charge < -0.3 is 9.84 Å². The van der Waals surface area contributed by atoms with Crippen LogP contribution in [-0.4, -0.2) is 27.9 Å². The molecule has 0 saturated carbocycles. The van der Waals surface area contributed by atoms with Gasteiger partial charge in [-0.15, -0.1) is 6.58 Å². The van der Waals surface area contributed by atoms with E-state index in [0.717, 1.165) is 17.1 Å². The number of H-pyrrole nitrogens is 1. The van der Waals surface area contributed by atoms with Crippen LogP contribution in [-0.2, 0) is 11.3 Å². The molecule has 0 amide bonds. The van der Waals surface area contributed by atoms with E-state index in [1.54, 1.807) is 6.08 Å². The summed E-state index contributed by atoms with van der Waals surface area (Å²) >= 11 is 0. The predicted molar refractivity (Wildman–Crippen MR) is 58.6 cm³/mol. The van der Waals surface area contributed by atoms with Crippen LogP contribution < -0.4 is 11.2 Å². The molecule has 0 aliphatic heterocycles. The van der Waals surface area contributed by atoms with Crippen LogP contribution in [0.3, 0.4) is 0 Å². The van der Waals surface area contributed by atoms with E-state index in [1.165, 1.54) is 0 Å². The molecule has 0 aromatic carbocycles. The normalized spacial score (nSPS) is 10.2. The van der Waals surface area contributed by atoms with E-state index < -0.39 is 11.2 Å². The van der Waals surface area contributed by atoms with Crippen molar-refractivity contribution in [3.63, 3.8) is 0 Å². The first-order valence-electron chi connectivity index (χ1n) is 4.87. The van der Waals surface area contributed by atoms with Gasteiger partial charge in [-0.2, -0.15) is 0 Å². The molecule has 1 aromatic heterocycles. The lowest BCUT2D eigenvalue weighted by Crippen LogP contribution is -2.30. The summed E-state index contributed by atoms with van der Waals surface area (Å²) in [6.07, 6.45) is 2.45. The first-order chi connectivity index (χ1) is 7.65. The standard InChI is InChI=1S/C10H14N2O4/c1-2-3-5-16-6-4-12-9(14)7-8(13)11-10(12)15/h2,7,14H,1,3-6H2,(H,11,13,15). The fourth-order valence-electron chi connectivity index (χ4n) is 1.15. The van der Waals surface area contributed by atoms with E-state index in [4.69, 9.17) is 4.74 Å². The van der Waals surface area contributed by atoms with E-state index >= 15 is 0 Å². The van der Waals surface area contributed by atoms with Gasteiger partial charge in [-0.3, -0.25) is 14.3 Å². The zero-order valence-electron chi connectivity index (χ0n) is 8.81. The van der Waals surface area contributed by atoms with E-state index in [-0.39, 0.29) is 19.0 Å². The molecular formula is C10H14N2O4. The highest BCUT2D eigenvalue weighted by Gasteiger charge is 2.03. The number of aromatic hydroxyl groups is 1. The van der Waals surface area contributed by atoms with Crippen LogP contribution in [0.5, 0.6) is 5.88 Å². The molecule has 0 atom stereocenters. The van der Waals surface area contributed by atoms with Crippen LogP contribution >= 0.6 is 0 Å². The molecule has 0 bridgehead atoms. The van der Waals surface area contributed by atoms with Gasteiger partial charge >= 0.3 is 5.69 Å². The van der Waals surface area contributed by atoms with Gasteiger partial charge in [-0.1, -0.05) is 6.08 Å². The maximum atomic E-state index is 11.3. The number of nitrogens with one attached hydrogen (secondary N) is 1. The SMILES string of the molecule is C=CCCOCCn1c(O)cc(=O)[nH]c1=O. The minimum atomic E-state index is -0.641. The summed E-state index contributed by atoms with van der Waals surface area (Å²) in [7, 11) is 0. The maximum Gasteiger partial charge on any atom is 0.331 e. The van der Waals surface area contributed by atoms with Gasteiger partial charge in [0.1, 0.15) is 0 Å². The lowest BCUT2D eigenvalue weighted by molar-refractivity contribution is 0.127. The molecule has 6 heteroatoms. The Bertz CT molecular complexity index is 461. The third-order valence-corrected chi connectivity index (χ3v) is 1.94. The topological polar surface area (TPSA) is 84.3 Å². The van der Waals surface area contributed by atoms with E-state index in [1.807, 2.05) is 0 Å². The summed E-state index contributed by atoms with van der Waals surface area (Å²) in [5, 5.41) is 9.35. The molecule has 88 valence electrons. The van der Waals surface area contributed by atoms with Crippen molar-refractivity contribution < 1.29 is 9.84 Å². The lowest BCUT2D eigenvalue weighted by atomic mass is 10.4. The van der Waals surface area contributed by atoms with Crippen molar-refractivity contribution in [3.8, 4) is 5.88 Å². The molecule has 2 N–H and O–H groups in total. The van der Waals surface area contributed by atoms with Crippen molar-refractivity contribution in [3.05, 3.63) is 39.6 Å². The lowest BCUT2D eigenvalue weighted by Gasteiger charge is -2.07. The van der Waals surface area contributed by atoms with Gasteiger partial charge in [0.25, 0.3) is 5.56 Å². The second-order valence-electron chi connectivity index (χ2n) is 3.14. The smallest absolute Gasteiger partial charge is 0.331 e. The van der Waals surface area contributed by atoms with E-state index in [9.17, 15) is 14.7 Å². The molecule has 6 nitrogen and oxygen atoms in total. The first-order valence-corrected chi connectivity index (χ1v) is 4.87. The van der Waals surface area contributed by atoms with Crippen LogP contribution in [0.2, 0.25) is 0 Å².